The van der Waals surface area contributed by atoms with Crippen LogP contribution in [0.1, 0.15) is 18.1 Å². The van der Waals surface area contributed by atoms with Crippen LogP contribution in [0.5, 0.6) is 0 Å². The van der Waals surface area contributed by atoms with E-state index < -0.39 is 10.0 Å². The zero-order valence-electron chi connectivity index (χ0n) is 11.4. The van der Waals surface area contributed by atoms with Gasteiger partial charge in [-0.1, -0.05) is 18.2 Å². The SMILES string of the molecule is C=C(C)CN(C)S(=O)(=O)c1cc(CN)cc(C)c1Br. The van der Waals surface area contributed by atoms with Gasteiger partial charge in [0.25, 0.3) is 0 Å². The molecule has 0 saturated heterocycles. The molecule has 6 heteroatoms. The van der Waals surface area contributed by atoms with Crippen LogP contribution < -0.4 is 5.73 Å². The van der Waals surface area contributed by atoms with E-state index in [4.69, 9.17) is 5.73 Å². The molecule has 0 aliphatic rings. The van der Waals surface area contributed by atoms with Crippen molar-refractivity contribution >= 4 is 26.0 Å². The van der Waals surface area contributed by atoms with Crippen LogP contribution in [-0.4, -0.2) is 26.3 Å². The molecule has 0 atom stereocenters. The second-order valence-electron chi connectivity index (χ2n) is 4.65. The molecule has 0 fully saturated rings. The Hall–Kier alpha value is -0.690. The summed E-state index contributed by atoms with van der Waals surface area (Å²) in [7, 11) is -2.01. The van der Waals surface area contributed by atoms with Gasteiger partial charge in [0.15, 0.2) is 0 Å². The van der Waals surface area contributed by atoms with Gasteiger partial charge in [0.05, 0.1) is 4.90 Å². The largest absolute Gasteiger partial charge is 0.326 e. The number of rotatable bonds is 5. The zero-order chi connectivity index (χ0) is 14.8. The second-order valence-corrected chi connectivity index (χ2v) is 7.45. The van der Waals surface area contributed by atoms with Crippen LogP contribution in [0.15, 0.2) is 33.7 Å². The summed E-state index contributed by atoms with van der Waals surface area (Å²) in [5.74, 6) is 0. The van der Waals surface area contributed by atoms with Crippen molar-refractivity contribution in [2.45, 2.75) is 25.3 Å². The average Bonchev–Trinajstić information content (AvgIpc) is 2.31. The van der Waals surface area contributed by atoms with E-state index in [1.54, 1.807) is 20.0 Å². The van der Waals surface area contributed by atoms with E-state index in [9.17, 15) is 8.42 Å². The summed E-state index contributed by atoms with van der Waals surface area (Å²) in [6, 6.07) is 3.49. The summed E-state index contributed by atoms with van der Waals surface area (Å²) in [5.41, 5.74) is 8.03. The molecule has 1 aromatic rings. The molecule has 19 heavy (non-hydrogen) atoms. The standard InChI is InChI=1S/C13H19BrN2O2S/c1-9(2)8-16(4)19(17,18)12-6-11(7-15)5-10(3)13(12)14/h5-6H,1,7-8,15H2,2-4H3. The number of nitrogens with two attached hydrogens (primary N) is 1. The smallest absolute Gasteiger partial charge is 0.244 e. The predicted octanol–water partition coefficient (Wildman–Crippen LogP) is 2.41. The van der Waals surface area contributed by atoms with Crippen molar-refractivity contribution in [2.24, 2.45) is 5.73 Å². The van der Waals surface area contributed by atoms with Gasteiger partial charge in [-0.3, -0.25) is 0 Å². The van der Waals surface area contributed by atoms with Crippen molar-refractivity contribution in [1.82, 2.24) is 4.31 Å². The van der Waals surface area contributed by atoms with Crippen LogP contribution >= 0.6 is 15.9 Å². The fourth-order valence-electron chi connectivity index (χ4n) is 1.75. The van der Waals surface area contributed by atoms with Gasteiger partial charge in [0, 0.05) is 24.6 Å². The van der Waals surface area contributed by atoms with Gasteiger partial charge in [-0.05, 0) is 47.0 Å². The maximum Gasteiger partial charge on any atom is 0.244 e. The van der Waals surface area contributed by atoms with Crippen molar-refractivity contribution in [2.75, 3.05) is 13.6 Å². The first-order valence-electron chi connectivity index (χ1n) is 5.80. The Labute approximate surface area is 123 Å². The zero-order valence-corrected chi connectivity index (χ0v) is 13.8. The number of nitrogens with zero attached hydrogens (tertiary/aromatic N) is 1. The Morgan fingerprint density at radius 2 is 2.05 bits per heavy atom. The molecule has 0 radical (unpaired) electrons. The van der Waals surface area contributed by atoms with Crippen molar-refractivity contribution in [3.63, 3.8) is 0 Å². The minimum atomic E-state index is -3.55. The third-order valence-corrected chi connectivity index (χ3v) is 5.84. The molecule has 0 bridgehead atoms. The summed E-state index contributed by atoms with van der Waals surface area (Å²) in [6.45, 7) is 7.98. The number of benzene rings is 1. The number of hydrogen-bond acceptors (Lipinski definition) is 3. The Bertz CT molecular complexity index is 597. The fraction of sp³-hybridized carbons (Fsp3) is 0.385. The highest BCUT2D eigenvalue weighted by Crippen LogP contribution is 2.29. The third-order valence-electron chi connectivity index (χ3n) is 2.70. The molecule has 0 aliphatic heterocycles. The molecule has 106 valence electrons. The van der Waals surface area contributed by atoms with Crippen molar-refractivity contribution in [1.29, 1.82) is 0 Å². The lowest BCUT2D eigenvalue weighted by molar-refractivity contribution is 0.492. The highest BCUT2D eigenvalue weighted by molar-refractivity contribution is 9.10. The van der Waals surface area contributed by atoms with Gasteiger partial charge in [-0.2, -0.15) is 4.31 Å². The normalized spacial score (nSPS) is 11.9. The summed E-state index contributed by atoms with van der Waals surface area (Å²) in [4.78, 5) is 0.247. The van der Waals surface area contributed by atoms with Crippen LogP contribution in [-0.2, 0) is 16.6 Å². The fourth-order valence-corrected chi connectivity index (χ4v) is 4.00. The summed E-state index contributed by atoms with van der Waals surface area (Å²) < 4.78 is 26.9. The molecule has 2 N–H and O–H groups in total. The molecule has 0 amide bonds. The Kier molecular flexibility index (Phi) is 5.32. The number of hydrogen-bond donors (Lipinski definition) is 1. The van der Waals surface area contributed by atoms with Crippen LogP contribution in [0.4, 0.5) is 0 Å². The second kappa shape index (κ2) is 6.17. The quantitative estimate of drug-likeness (QED) is 0.832. The van der Waals surface area contributed by atoms with E-state index in [-0.39, 0.29) is 4.90 Å². The topological polar surface area (TPSA) is 63.4 Å². The molecule has 0 aromatic heterocycles. The first-order chi connectivity index (χ1) is 8.70. The van der Waals surface area contributed by atoms with E-state index in [0.29, 0.717) is 17.6 Å². The minimum absolute atomic E-state index is 0.247. The van der Waals surface area contributed by atoms with Crippen molar-refractivity contribution < 1.29 is 8.42 Å². The number of halogens is 1. The molecule has 0 spiro atoms. The molecule has 0 unspecified atom stereocenters. The van der Waals surface area contributed by atoms with Gasteiger partial charge in [0.1, 0.15) is 0 Å². The van der Waals surface area contributed by atoms with Crippen LogP contribution in [0.25, 0.3) is 0 Å². The number of aryl methyl sites for hydroxylation is 1. The first-order valence-corrected chi connectivity index (χ1v) is 8.03. The van der Waals surface area contributed by atoms with Crippen molar-refractivity contribution in [3.05, 3.63) is 39.9 Å². The molecule has 0 saturated carbocycles. The summed E-state index contributed by atoms with van der Waals surface area (Å²) in [5, 5.41) is 0. The Morgan fingerprint density at radius 3 is 2.53 bits per heavy atom. The van der Waals surface area contributed by atoms with Gasteiger partial charge in [-0.15, -0.1) is 0 Å². The van der Waals surface area contributed by atoms with E-state index in [0.717, 1.165) is 16.7 Å². The van der Waals surface area contributed by atoms with E-state index in [1.807, 2.05) is 13.0 Å². The van der Waals surface area contributed by atoms with Gasteiger partial charge >= 0.3 is 0 Å². The highest BCUT2D eigenvalue weighted by Gasteiger charge is 2.24. The molecular weight excluding hydrogens is 328 g/mol. The first kappa shape index (κ1) is 16.4. The Balaban J connectivity index is 3.35. The van der Waals surface area contributed by atoms with Crippen LogP contribution in [0, 0.1) is 6.92 Å². The predicted molar refractivity (Wildman–Crippen MR) is 81.4 cm³/mol. The molecule has 4 nitrogen and oxygen atoms in total. The molecule has 0 heterocycles. The van der Waals surface area contributed by atoms with Crippen molar-refractivity contribution in [3.8, 4) is 0 Å². The van der Waals surface area contributed by atoms with E-state index >= 15 is 0 Å². The molecular formula is C13H19BrN2O2S. The minimum Gasteiger partial charge on any atom is -0.326 e. The summed E-state index contributed by atoms with van der Waals surface area (Å²) in [6.07, 6.45) is 0. The maximum atomic E-state index is 12.5. The maximum absolute atomic E-state index is 12.5. The van der Waals surface area contributed by atoms with Gasteiger partial charge in [0.2, 0.25) is 10.0 Å². The average molecular weight is 347 g/mol. The third kappa shape index (κ3) is 3.66. The Morgan fingerprint density at radius 1 is 1.47 bits per heavy atom. The van der Waals surface area contributed by atoms with E-state index in [1.165, 1.54) is 4.31 Å². The molecule has 1 rings (SSSR count). The number of sulfonamides is 1. The van der Waals surface area contributed by atoms with Gasteiger partial charge in [-0.25, -0.2) is 8.42 Å². The lowest BCUT2D eigenvalue weighted by Gasteiger charge is -2.19. The summed E-state index contributed by atoms with van der Waals surface area (Å²) >= 11 is 3.34. The lowest BCUT2D eigenvalue weighted by atomic mass is 10.1. The number of likely N-dealkylation sites (N-methyl/N-ethyl adjacent to an activating group) is 1. The molecule has 1 aromatic carbocycles. The van der Waals surface area contributed by atoms with Gasteiger partial charge < -0.3 is 5.73 Å². The van der Waals surface area contributed by atoms with Crippen LogP contribution in [0.3, 0.4) is 0 Å². The monoisotopic (exact) mass is 346 g/mol. The van der Waals surface area contributed by atoms with E-state index in [2.05, 4.69) is 22.5 Å². The van der Waals surface area contributed by atoms with Crippen LogP contribution in [0.2, 0.25) is 0 Å². The lowest BCUT2D eigenvalue weighted by Crippen LogP contribution is -2.29. The highest BCUT2D eigenvalue weighted by atomic mass is 79.9. The molecule has 0 aliphatic carbocycles.